The average Bonchev–Trinajstić information content (AvgIpc) is 2.81. The fourth-order valence-electron chi connectivity index (χ4n) is 2.28. The third-order valence-electron chi connectivity index (χ3n) is 3.42. The highest BCUT2D eigenvalue weighted by atomic mass is 32.2. The number of hydrogen-bond donors (Lipinski definition) is 1. The molecule has 2 rings (SSSR count). The van der Waals surface area contributed by atoms with Crippen molar-refractivity contribution in [1.82, 2.24) is 4.31 Å². The van der Waals surface area contributed by atoms with Gasteiger partial charge in [-0.25, -0.2) is 8.42 Å². The first-order chi connectivity index (χ1) is 8.45. The summed E-state index contributed by atoms with van der Waals surface area (Å²) in [5.41, 5.74) is 0. The van der Waals surface area contributed by atoms with Crippen LogP contribution in [-0.2, 0) is 16.6 Å². The Balaban J connectivity index is 2.29. The minimum absolute atomic E-state index is 0.0610. The molecule has 0 amide bonds. The first-order valence-electron chi connectivity index (χ1n) is 6.16. The van der Waals surface area contributed by atoms with Crippen LogP contribution in [0.2, 0.25) is 0 Å². The Morgan fingerprint density at radius 3 is 2.72 bits per heavy atom. The van der Waals surface area contributed by atoms with Crippen molar-refractivity contribution in [2.75, 3.05) is 6.54 Å². The van der Waals surface area contributed by atoms with E-state index in [2.05, 4.69) is 6.92 Å². The second kappa shape index (κ2) is 5.28. The van der Waals surface area contributed by atoms with Crippen molar-refractivity contribution in [3.8, 4) is 0 Å². The third kappa shape index (κ3) is 2.61. The molecule has 2 heterocycles. The van der Waals surface area contributed by atoms with Gasteiger partial charge in [-0.2, -0.15) is 4.31 Å². The number of aliphatic hydroxyl groups excluding tert-OH is 1. The Kier molecular flexibility index (Phi) is 4.11. The summed E-state index contributed by atoms with van der Waals surface area (Å²) >= 11 is 1.16. The number of piperidine rings is 1. The number of nitrogens with zero attached hydrogens (tertiary/aromatic N) is 1. The monoisotopic (exact) mass is 289 g/mol. The summed E-state index contributed by atoms with van der Waals surface area (Å²) in [4.78, 5) is 0.686. The van der Waals surface area contributed by atoms with Gasteiger partial charge in [-0.15, -0.1) is 11.3 Å². The van der Waals surface area contributed by atoms with Crippen molar-refractivity contribution in [3.63, 3.8) is 0 Å². The molecule has 0 radical (unpaired) electrons. The van der Waals surface area contributed by atoms with E-state index in [-0.39, 0.29) is 12.6 Å². The van der Waals surface area contributed by atoms with Gasteiger partial charge in [0.1, 0.15) is 4.21 Å². The number of hydrogen-bond acceptors (Lipinski definition) is 4. The zero-order chi connectivity index (χ0) is 13.3. The van der Waals surface area contributed by atoms with E-state index in [1.807, 2.05) is 6.92 Å². The highest BCUT2D eigenvalue weighted by Gasteiger charge is 2.34. The molecule has 0 saturated carbocycles. The van der Waals surface area contributed by atoms with Crippen molar-refractivity contribution in [1.29, 1.82) is 0 Å². The maximum Gasteiger partial charge on any atom is 0.252 e. The molecule has 1 aromatic heterocycles. The summed E-state index contributed by atoms with van der Waals surface area (Å²) in [6.45, 7) is 4.54. The van der Waals surface area contributed by atoms with Crippen molar-refractivity contribution in [2.45, 2.75) is 43.5 Å². The molecule has 4 nitrogen and oxygen atoms in total. The normalized spacial score (nSPS) is 26.4. The number of aliphatic hydroxyl groups is 1. The van der Waals surface area contributed by atoms with Gasteiger partial charge >= 0.3 is 0 Å². The topological polar surface area (TPSA) is 57.6 Å². The Labute approximate surface area is 112 Å². The molecule has 0 aromatic carbocycles. The highest BCUT2D eigenvalue weighted by Crippen LogP contribution is 2.31. The van der Waals surface area contributed by atoms with Crippen LogP contribution in [0.5, 0.6) is 0 Å². The Bertz CT molecular complexity index is 509. The predicted molar refractivity (Wildman–Crippen MR) is 72.0 cm³/mol. The van der Waals surface area contributed by atoms with Crippen LogP contribution in [0, 0.1) is 5.92 Å². The maximum atomic E-state index is 12.5. The SMILES string of the molecule is CC1CCC(C)N(S(=O)(=O)c2ccc(CO)s2)C1. The fourth-order valence-corrected chi connectivity index (χ4v) is 5.41. The van der Waals surface area contributed by atoms with Gasteiger partial charge in [-0.3, -0.25) is 0 Å². The van der Waals surface area contributed by atoms with Crippen molar-refractivity contribution < 1.29 is 13.5 Å². The second-order valence-corrected chi connectivity index (χ2v) is 8.27. The molecular weight excluding hydrogens is 270 g/mol. The molecule has 1 N–H and O–H groups in total. The van der Waals surface area contributed by atoms with Crippen LogP contribution >= 0.6 is 11.3 Å². The number of rotatable bonds is 3. The molecule has 1 aliphatic rings. The molecule has 18 heavy (non-hydrogen) atoms. The minimum atomic E-state index is -3.39. The summed E-state index contributed by atoms with van der Waals surface area (Å²) in [6, 6.07) is 3.33. The van der Waals surface area contributed by atoms with Gasteiger partial charge in [0.25, 0.3) is 10.0 Å². The lowest BCUT2D eigenvalue weighted by Gasteiger charge is -2.35. The van der Waals surface area contributed by atoms with E-state index in [4.69, 9.17) is 5.11 Å². The smallest absolute Gasteiger partial charge is 0.252 e. The molecule has 0 spiro atoms. The Morgan fingerprint density at radius 1 is 1.39 bits per heavy atom. The first kappa shape index (κ1) is 14.0. The minimum Gasteiger partial charge on any atom is -0.391 e. The summed E-state index contributed by atoms with van der Waals surface area (Å²) < 4.78 is 27.0. The third-order valence-corrected chi connectivity index (χ3v) is 6.93. The van der Waals surface area contributed by atoms with E-state index >= 15 is 0 Å². The van der Waals surface area contributed by atoms with E-state index < -0.39 is 10.0 Å². The summed E-state index contributed by atoms with van der Waals surface area (Å²) in [5, 5.41) is 9.02. The molecule has 6 heteroatoms. The molecule has 2 unspecified atom stereocenters. The van der Waals surface area contributed by atoms with Crippen molar-refractivity contribution >= 4 is 21.4 Å². The molecule has 1 aromatic rings. The maximum absolute atomic E-state index is 12.5. The molecular formula is C12H19NO3S2. The van der Waals surface area contributed by atoms with Gasteiger partial charge in [0.15, 0.2) is 0 Å². The highest BCUT2D eigenvalue weighted by molar-refractivity contribution is 7.91. The average molecular weight is 289 g/mol. The van der Waals surface area contributed by atoms with E-state index in [0.29, 0.717) is 21.5 Å². The standard InChI is InChI=1S/C12H19NO3S2/c1-9-3-4-10(2)13(7-9)18(15,16)12-6-5-11(8-14)17-12/h5-6,9-10,14H,3-4,7-8H2,1-2H3. The number of thiophene rings is 1. The molecule has 102 valence electrons. The lowest BCUT2D eigenvalue weighted by Crippen LogP contribution is -2.44. The lowest BCUT2D eigenvalue weighted by atomic mass is 9.97. The van der Waals surface area contributed by atoms with E-state index in [9.17, 15) is 8.42 Å². The van der Waals surface area contributed by atoms with E-state index in [0.717, 1.165) is 24.2 Å². The van der Waals surface area contributed by atoms with Crippen LogP contribution in [0.15, 0.2) is 16.3 Å². The predicted octanol–water partition coefficient (Wildman–Crippen LogP) is 2.05. The van der Waals surface area contributed by atoms with E-state index in [1.54, 1.807) is 16.4 Å². The largest absolute Gasteiger partial charge is 0.391 e. The molecule has 0 aliphatic carbocycles. The van der Waals surface area contributed by atoms with Gasteiger partial charge < -0.3 is 5.11 Å². The zero-order valence-corrected chi connectivity index (χ0v) is 12.3. The second-order valence-electron chi connectivity index (χ2n) is 4.99. The van der Waals surface area contributed by atoms with Gasteiger partial charge in [-0.05, 0) is 37.8 Å². The van der Waals surface area contributed by atoms with Gasteiger partial charge in [0, 0.05) is 17.5 Å². The molecule has 1 saturated heterocycles. The summed E-state index contributed by atoms with van der Waals surface area (Å²) in [7, 11) is -3.39. The van der Waals surface area contributed by atoms with Crippen LogP contribution in [0.3, 0.4) is 0 Å². The lowest BCUT2D eigenvalue weighted by molar-refractivity contribution is 0.218. The number of sulfonamides is 1. The van der Waals surface area contributed by atoms with Crippen LogP contribution in [0.4, 0.5) is 0 Å². The molecule has 0 bridgehead atoms. The van der Waals surface area contributed by atoms with E-state index in [1.165, 1.54) is 0 Å². The summed E-state index contributed by atoms with van der Waals surface area (Å²) in [5.74, 6) is 0.410. The van der Waals surface area contributed by atoms with Crippen LogP contribution in [0.25, 0.3) is 0 Å². The molecule has 1 fully saturated rings. The molecule has 2 atom stereocenters. The Morgan fingerprint density at radius 2 is 2.11 bits per heavy atom. The van der Waals surface area contributed by atoms with Gasteiger partial charge in [-0.1, -0.05) is 6.92 Å². The van der Waals surface area contributed by atoms with Gasteiger partial charge in [0.2, 0.25) is 0 Å². The first-order valence-corrected chi connectivity index (χ1v) is 8.42. The molecule has 1 aliphatic heterocycles. The van der Waals surface area contributed by atoms with Crippen LogP contribution < -0.4 is 0 Å². The Hall–Kier alpha value is -0.430. The van der Waals surface area contributed by atoms with Gasteiger partial charge in [0.05, 0.1) is 6.61 Å². The van der Waals surface area contributed by atoms with Crippen LogP contribution in [0.1, 0.15) is 31.6 Å². The van der Waals surface area contributed by atoms with Crippen molar-refractivity contribution in [2.24, 2.45) is 5.92 Å². The quantitative estimate of drug-likeness (QED) is 0.926. The zero-order valence-electron chi connectivity index (χ0n) is 10.7. The van der Waals surface area contributed by atoms with Crippen LogP contribution in [-0.4, -0.2) is 30.4 Å². The fraction of sp³-hybridized carbons (Fsp3) is 0.667. The summed E-state index contributed by atoms with van der Waals surface area (Å²) in [6.07, 6.45) is 2.00. The van der Waals surface area contributed by atoms with Crippen molar-refractivity contribution in [3.05, 3.63) is 17.0 Å².